The van der Waals surface area contributed by atoms with Crippen molar-refractivity contribution >= 4 is 23.5 Å². The highest BCUT2D eigenvalue weighted by Crippen LogP contribution is 2.31. The van der Waals surface area contributed by atoms with Crippen LogP contribution in [-0.4, -0.2) is 22.0 Å². The summed E-state index contributed by atoms with van der Waals surface area (Å²) < 4.78 is 0. The van der Waals surface area contributed by atoms with E-state index in [0.717, 1.165) is 0 Å². The Morgan fingerprint density at radius 1 is 1.20 bits per heavy atom. The monoisotopic (exact) mass is 289 g/mol. The lowest BCUT2D eigenvalue weighted by atomic mass is 9.97. The first-order valence-corrected chi connectivity index (χ1v) is 6.43. The molecule has 2 aromatic rings. The van der Waals surface area contributed by atoms with Crippen LogP contribution >= 0.6 is 11.6 Å². The second-order valence-corrected chi connectivity index (χ2v) is 4.79. The lowest BCUT2D eigenvalue weighted by Crippen LogP contribution is -2.45. The molecule has 6 nitrogen and oxygen atoms in total. The van der Waals surface area contributed by atoms with E-state index in [0.29, 0.717) is 16.5 Å². The number of amides is 1. The third-order valence-corrected chi connectivity index (χ3v) is 3.50. The standard InChI is InChI=1S/C13H12ClN5O/c14-9-5-2-1-4-8(9)10-11(15)19(18-12(10)20)13-16-6-3-7-17-13/h1-7,10-11H,15H2,(H,18,20). The lowest BCUT2D eigenvalue weighted by molar-refractivity contribution is -0.120. The number of halogens is 1. The summed E-state index contributed by atoms with van der Waals surface area (Å²) in [5.74, 6) is -0.437. The van der Waals surface area contributed by atoms with E-state index in [1.54, 1.807) is 30.6 Å². The van der Waals surface area contributed by atoms with Gasteiger partial charge in [-0.1, -0.05) is 29.8 Å². The van der Waals surface area contributed by atoms with Crippen LogP contribution in [0.5, 0.6) is 0 Å². The smallest absolute Gasteiger partial charge is 0.249 e. The van der Waals surface area contributed by atoms with E-state index in [-0.39, 0.29) is 5.91 Å². The predicted molar refractivity (Wildman–Crippen MR) is 74.8 cm³/mol. The van der Waals surface area contributed by atoms with Crippen molar-refractivity contribution in [2.24, 2.45) is 5.73 Å². The summed E-state index contributed by atoms with van der Waals surface area (Å²) in [6.07, 6.45) is 2.55. The predicted octanol–water partition coefficient (Wildman–Crippen LogP) is 1.05. The van der Waals surface area contributed by atoms with Gasteiger partial charge in [0.05, 0.1) is 0 Å². The third kappa shape index (κ3) is 2.09. The first-order chi connectivity index (χ1) is 9.68. The molecule has 2 heterocycles. The largest absolute Gasteiger partial charge is 0.309 e. The molecule has 0 aliphatic carbocycles. The summed E-state index contributed by atoms with van der Waals surface area (Å²) in [4.78, 5) is 20.3. The average Bonchev–Trinajstić information content (AvgIpc) is 2.76. The first kappa shape index (κ1) is 12.8. The molecule has 3 N–H and O–H groups in total. The van der Waals surface area contributed by atoms with Gasteiger partial charge >= 0.3 is 0 Å². The van der Waals surface area contributed by atoms with E-state index in [1.165, 1.54) is 5.01 Å². The minimum absolute atomic E-state index is 0.224. The molecule has 3 rings (SSSR count). The molecule has 1 fully saturated rings. The van der Waals surface area contributed by atoms with E-state index in [2.05, 4.69) is 15.4 Å². The van der Waals surface area contributed by atoms with Gasteiger partial charge in [-0.15, -0.1) is 0 Å². The van der Waals surface area contributed by atoms with Crippen LogP contribution in [-0.2, 0) is 4.79 Å². The Balaban J connectivity index is 1.96. The maximum absolute atomic E-state index is 12.2. The molecule has 7 heteroatoms. The summed E-state index contributed by atoms with van der Waals surface area (Å²) in [6, 6.07) is 8.85. The highest BCUT2D eigenvalue weighted by Gasteiger charge is 2.41. The molecule has 102 valence electrons. The van der Waals surface area contributed by atoms with Crippen LogP contribution in [0.1, 0.15) is 11.5 Å². The quantitative estimate of drug-likeness (QED) is 0.863. The van der Waals surface area contributed by atoms with Crippen LogP contribution in [0.2, 0.25) is 5.02 Å². The van der Waals surface area contributed by atoms with Crippen LogP contribution in [0.25, 0.3) is 0 Å². The summed E-state index contributed by atoms with van der Waals surface area (Å²) >= 11 is 6.14. The molecule has 0 saturated carbocycles. The highest BCUT2D eigenvalue weighted by atomic mass is 35.5. The van der Waals surface area contributed by atoms with Crippen molar-refractivity contribution in [1.82, 2.24) is 15.4 Å². The second kappa shape index (κ2) is 5.07. The molecular formula is C13H12ClN5O. The van der Waals surface area contributed by atoms with E-state index in [4.69, 9.17) is 17.3 Å². The molecule has 0 spiro atoms. The minimum Gasteiger partial charge on any atom is -0.309 e. The fourth-order valence-corrected chi connectivity index (χ4v) is 2.47. The van der Waals surface area contributed by atoms with Gasteiger partial charge in [0.25, 0.3) is 0 Å². The lowest BCUT2D eigenvalue weighted by Gasteiger charge is -2.22. The minimum atomic E-state index is -0.621. The van der Waals surface area contributed by atoms with E-state index < -0.39 is 12.1 Å². The molecule has 2 atom stereocenters. The number of hydrazine groups is 1. The number of hydrogen-bond acceptors (Lipinski definition) is 5. The average molecular weight is 290 g/mol. The van der Waals surface area contributed by atoms with Gasteiger partial charge in [-0.3, -0.25) is 10.2 Å². The van der Waals surface area contributed by atoms with Gasteiger partial charge in [0.2, 0.25) is 11.9 Å². The van der Waals surface area contributed by atoms with E-state index >= 15 is 0 Å². The Morgan fingerprint density at radius 3 is 2.60 bits per heavy atom. The van der Waals surface area contributed by atoms with Crippen LogP contribution in [0.3, 0.4) is 0 Å². The number of carbonyl (C=O) groups is 1. The van der Waals surface area contributed by atoms with Crippen LogP contribution in [0.15, 0.2) is 42.7 Å². The molecule has 0 radical (unpaired) electrons. The number of benzene rings is 1. The van der Waals surface area contributed by atoms with Crippen molar-refractivity contribution in [3.05, 3.63) is 53.3 Å². The van der Waals surface area contributed by atoms with Crippen LogP contribution in [0, 0.1) is 0 Å². The van der Waals surface area contributed by atoms with Gasteiger partial charge in [-0.2, -0.15) is 0 Å². The van der Waals surface area contributed by atoms with Gasteiger partial charge in [-0.25, -0.2) is 15.0 Å². The molecule has 20 heavy (non-hydrogen) atoms. The fraction of sp³-hybridized carbons (Fsp3) is 0.154. The van der Waals surface area contributed by atoms with Crippen molar-refractivity contribution in [2.75, 3.05) is 5.01 Å². The third-order valence-electron chi connectivity index (χ3n) is 3.16. The van der Waals surface area contributed by atoms with E-state index in [9.17, 15) is 4.79 Å². The molecule has 1 aliphatic heterocycles. The van der Waals surface area contributed by atoms with Crippen molar-refractivity contribution in [3.8, 4) is 0 Å². The number of anilines is 1. The van der Waals surface area contributed by atoms with Crippen molar-refractivity contribution in [3.63, 3.8) is 0 Å². The van der Waals surface area contributed by atoms with E-state index in [1.807, 2.05) is 12.1 Å². The zero-order chi connectivity index (χ0) is 14.1. The number of nitrogens with zero attached hydrogens (tertiary/aromatic N) is 3. The van der Waals surface area contributed by atoms with Crippen molar-refractivity contribution < 1.29 is 4.79 Å². The number of hydrogen-bond donors (Lipinski definition) is 2. The zero-order valence-corrected chi connectivity index (χ0v) is 11.2. The maximum atomic E-state index is 12.2. The Morgan fingerprint density at radius 2 is 1.90 bits per heavy atom. The summed E-state index contributed by atoms with van der Waals surface area (Å²) in [6.45, 7) is 0. The van der Waals surface area contributed by atoms with Gasteiger partial charge < -0.3 is 5.73 Å². The fourth-order valence-electron chi connectivity index (χ4n) is 2.22. The van der Waals surface area contributed by atoms with Gasteiger partial charge in [0.15, 0.2) is 0 Å². The second-order valence-electron chi connectivity index (χ2n) is 4.38. The highest BCUT2D eigenvalue weighted by molar-refractivity contribution is 6.31. The first-order valence-electron chi connectivity index (χ1n) is 6.05. The normalized spacial score (nSPS) is 21.9. The van der Waals surface area contributed by atoms with Crippen molar-refractivity contribution in [2.45, 2.75) is 12.1 Å². The summed E-state index contributed by atoms with van der Waals surface area (Å²) in [5, 5.41) is 1.97. The number of aromatic nitrogens is 2. The number of rotatable bonds is 2. The Labute approximate surface area is 120 Å². The number of carbonyl (C=O) groups excluding carboxylic acids is 1. The molecule has 2 unspecified atom stereocenters. The van der Waals surface area contributed by atoms with Crippen molar-refractivity contribution in [1.29, 1.82) is 0 Å². The van der Waals surface area contributed by atoms with Gasteiger partial charge in [-0.05, 0) is 17.7 Å². The number of nitrogens with one attached hydrogen (secondary N) is 1. The molecule has 0 bridgehead atoms. The molecule has 1 aromatic heterocycles. The van der Waals surface area contributed by atoms with Gasteiger partial charge in [0.1, 0.15) is 12.1 Å². The molecule has 1 saturated heterocycles. The summed E-state index contributed by atoms with van der Waals surface area (Å²) in [7, 11) is 0. The topological polar surface area (TPSA) is 84.1 Å². The Kier molecular flexibility index (Phi) is 3.25. The molecule has 1 aromatic carbocycles. The zero-order valence-electron chi connectivity index (χ0n) is 10.4. The van der Waals surface area contributed by atoms with Crippen LogP contribution in [0.4, 0.5) is 5.95 Å². The molecule has 1 amide bonds. The Bertz CT molecular complexity index is 636. The van der Waals surface area contributed by atoms with Crippen LogP contribution < -0.4 is 16.2 Å². The van der Waals surface area contributed by atoms with Gasteiger partial charge in [0, 0.05) is 17.4 Å². The maximum Gasteiger partial charge on any atom is 0.249 e. The SMILES string of the molecule is NC1C(c2ccccc2Cl)C(=O)NN1c1ncccn1. The molecular weight excluding hydrogens is 278 g/mol. The Hall–Kier alpha value is -2.18. The summed E-state index contributed by atoms with van der Waals surface area (Å²) in [5.41, 5.74) is 9.52. The molecule has 1 aliphatic rings. The number of nitrogens with two attached hydrogens (primary N) is 1.